The van der Waals surface area contributed by atoms with Crippen LogP contribution in [0, 0.1) is 5.92 Å². The number of hydrogen-bond acceptors (Lipinski definition) is 4. The van der Waals surface area contributed by atoms with E-state index in [0.717, 1.165) is 13.0 Å². The summed E-state index contributed by atoms with van der Waals surface area (Å²) >= 11 is 0. The fourth-order valence-corrected chi connectivity index (χ4v) is 3.46. The zero-order valence-corrected chi connectivity index (χ0v) is 13.7. The Balaban J connectivity index is 1.52. The number of carbonyl (C=O) groups excluding carboxylic acids is 2. The molecule has 124 valence electrons. The first-order chi connectivity index (χ1) is 11.2. The van der Waals surface area contributed by atoms with E-state index < -0.39 is 0 Å². The van der Waals surface area contributed by atoms with Gasteiger partial charge in [-0.3, -0.25) is 9.59 Å². The fourth-order valence-electron chi connectivity index (χ4n) is 3.46. The summed E-state index contributed by atoms with van der Waals surface area (Å²) in [5, 5.41) is 0. The van der Waals surface area contributed by atoms with Crippen molar-refractivity contribution in [3.8, 4) is 0 Å². The van der Waals surface area contributed by atoms with Gasteiger partial charge >= 0.3 is 5.97 Å². The number of rotatable bonds is 4. The van der Waals surface area contributed by atoms with Gasteiger partial charge in [-0.25, -0.2) is 0 Å². The van der Waals surface area contributed by atoms with Crippen LogP contribution in [0.5, 0.6) is 0 Å². The van der Waals surface area contributed by atoms with Crippen molar-refractivity contribution in [2.24, 2.45) is 5.92 Å². The molecule has 3 rings (SSSR count). The number of fused-ring (bicyclic) bond motifs is 1. The number of carbonyl (C=O) groups is 2. The maximum atomic E-state index is 12.5. The van der Waals surface area contributed by atoms with Crippen LogP contribution in [0.2, 0.25) is 0 Å². The first-order valence-corrected chi connectivity index (χ1v) is 8.46. The monoisotopic (exact) mass is 316 g/mol. The molecule has 2 heterocycles. The zero-order valence-electron chi connectivity index (χ0n) is 13.7. The Kier molecular flexibility index (Phi) is 4.84. The minimum atomic E-state index is -0.118. The molecule has 5 nitrogen and oxygen atoms in total. The van der Waals surface area contributed by atoms with E-state index in [1.807, 2.05) is 24.0 Å². The molecule has 0 radical (unpaired) electrons. The maximum absolute atomic E-state index is 12.5. The molecule has 0 aromatic heterocycles. The quantitative estimate of drug-likeness (QED) is 0.796. The number of likely N-dealkylation sites (tertiary alicyclic amines) is 1. The Labute approximate surface area is 137 Å². The number of esters is 1. The van der Waals surface area contributed by atoms with Gasteiger partial charge in [0.1, 0.15) is 0 Å². The van der Waals surface area contributed by atoms with Crippen LogP contribution in [-0.4, -0.2) is 49.6 Å². The lowest BCUT2D eigenvalue weighted by molar-refractivity contribution is -0.151. The number of anilines is 1. The molecule has 2 aliphatic heterocycles. The second-order valence-corrected chi connectivity index (χ2v) is 6.21. The van der Waals surface area contributed by atoms with Crippen LogP contribution < -0.4 is 4.90 Å². The lowest BCUT2D eigenvalue weighted by atomic mass is 9.97. The first-order valence-electron chi connectivity index (χ1n) is 8.46. The van der Waals surface area contributed by atoms with E-state index in [2.05, 4.69) is 17.0 Å². The second-order valence-electron chi connectivity index (χ2n) is 6.21. The van der Waals surface area contributed by atoms with E-state index >= 15 is 0 Å². The van der Waals surface area contributed by atoms with Gasteiger partial charge < -0.3 is 14.5 Å². The number of benzene rings is 1. The molecule has 0 spiro atoms. The number of nitrogens with zero attached hydrogens (tertiary/aromatic N) is 2. The van der Waals surface area contributed by atoms with Crippen molar-refractivity contribution in [1.82, 2.24) is 4.90 Å². The van der Waals surface area contributed by atoms with Gasteiger partial charge in [-0.15, -0.1) is 0 Å². The molecule has 0 bridgehead atoms. The molecule has 0 aliphatic carbocycles. The van der Waals surface area contributed by atoms with E-state index in [-0.39, 0.29) is 17.8 Å². The van der Waals surface area contributed by atoms with Gasteiger partial charge in [-0.1, -0.05) is 18.2 Å². The van der Waals surface area contributed by atoms with E-state index in [9.17, 15) is 9.59 Å². The van der Waals surface area contributed by atoms with E-state index in [1.165, 1.54) is 11.3 Å². The van der Waals surface area contributed by atoms with Gasteiger partial charge in [0, 0.05) is 25.3 Å². The minimum Gasteiger partial charge on any atom is -0.466 e. The smallest absolute Gasteiger partial charge is 0.309 e. The number of para-hydroxylation sites is 1. The van der Waals surface area contributed by atoms with Gasteiger partial charge in [0.05, 0.1) is 19.1 Å². The number of ether oxygens (including phenoxy) is 1. The molecule has 1 aromatic carbocycles. The summed E-state index contributed by atoms with van der Waals surface area (Å²) in [6, 6.07) is 8.28. The van der Waals surface area contributed by atoms with Crippen molar-refractivity contribution in [1.29, 1.82) is 0 Å². The van der Waals surface area contributed by atoms with Gasteiger partial charge in [-0.2, -0.15) is 0 Å². The van der Waals surface area contributed by atoms with Crippen molar-refractivity contribution in [2.45, 2.75) is 26.2 Å². The number of amides is 1. The summed E-state index contributed by atoms with van der Waals surface area (Å²) in [7, 11) is 0. The van der Waals surface area contributed by atoms with E-state index in [0.29, 0.717) is 39.1 Å². The zero-order chi connectivity index (χ0) is 16.2. The fraction of sp³-hybridized carbons (Fsp3) is 0.556. The standard InChI is InChI=1S/C18H24N2O3/c1-2-23-18(22)15-8-10-19(11-9-15)17(21)13-20-12-7-14-5-3-4-6-16(14)20/h3-6,15H,2,7-13H2,1H3. The van der Waals surface area contributed by atoms with Crippen molar-refractivity contribution < 1.29 is 14.3 Å². The Morgan fingerprint density at radius 2 is 1.91 bits per heavy atom. The topological polar surface area (TPSA) is 49.9 Å². The third-order valence-corrected chi connectivity index (χ3v) is 4.78. The summed E-state index contributed by atoms with van der Waals surface area (Å²) in [5.41, 5.74) is 2.50. The average molecular weight is 316 g/mol. The Hall–Kier alpha value is -2.04. The number of hydrogen-bond donors (Lipinski definition) is 0. The SMILES string of the molecule is CCOC(=O)C1CCN(C(=O)CN2CCc3ccccc32)CC1. The molecule has 1 saturated heterocycles. The normalized spacial score (nSPS) is 18.0. The molecule has 0 saturated carbocycles. The summed E-state index contributed by atoms with van der Waals surface area (Å²) in [4.78, 5) is 28.3. The van der Waals surface area contributed by atoms with Crippen LogP contribution in [0.1, 0.15) is 25.3 Å². The predicted molar refractivity (Wildman–Crippen MR) is 88.3 cm³/mol. The minimum absolute atomic E-state index is 0.0495. The van der Waals surface area contributed by atoms with Crippen molar-refractivity contribution in [3.63, 3.8) is 0 Å². The molecule has 1 aromatic rings. The van der Waals surface area contributed by atoms with Crippen molar-refractivity contribution in [3.05, 3.63) is 29.8 Å². The number of piperidine rings is 1. The third-order valence-electron chi connectivity index (χ3n) is 4.78. The van der Waals surface area contributed by atoms with Gasteiger partial charge in [0.15, 0.2) is 0 Å². The second kappa shape index (κ2) is 7.02. The van der Waals surface area contributed by atoms with Gasteiger partial charge in [0.25, 0.3) is 0 Å². The average Bonchev–Trinajstić information content (AvgIpc) is 2.98. The first kappa shape index (κ1) is 15.8. The summed E-state index contributed by atoms with van der Waals surface area (Å²) < 4.78 is 5.07. The van der Waals surface area contributed by atoms with Crippen LogP contribution in [0.3, 0.4) is 0 Å². The van der Waals surface area contributed by atoms with Crippen LogP contribution in [0.4, 0.5) is 5.69 Å². The molecule has 23 heavy (non-hydrogen) atoms. The molecule has 2 aliphatic rings. The molecule has 1 amide bonds. The summed E-state index contributed by atoms with van der Waals surface area (Å²) in [6.07, 6.45) is 2.43. The van der Waals surface area contributed by atoms with E-state index in [4.69, 9.17) is 4.74 Å². The lowest BCUT2D eigenvalue weighted by Gasteiger charge is -2.32. The Morgan fingerprint density at radius 3 is 2.65 bits per heavy atom. The molecular formula is C18H24N2O3. The summed E-state index contributed by atoms with van der Waals surface area (Å²) in [6.45, 7) is 4.89. The highest BCUT2D eigenvalue weighted by atomic mass is 16.5. The van der Waals surface area contributed by atoms with Crippen molar-refractivity contribution in [2.75, 3.05) is 37.7 Å². The highest BCUT2D eigenvalue weighted by Gasteiger charge is 2.29. The third kappa shape index (κ3) is 3.49. The van der Waals surface area contributed by atoms with E-state index in [1.54, 1.807) is 0 Å². The predicted octanol–water partition coefficient (Wildman–Crippen LogP) is 1.85. The van der Waals surface area contributed by atoms with Crippen molar-refractivity contribution >= 4 is 17.6 Å². The van der Waals surface area contributed by atoms with Crippen LogP contribution in [0.25, 0.3) is 0 Å². The molecule has 0 unspecified atom stereocenters. The largest absolute Gasteiger partial charge is 0.466 e. The highest BCUT2D eigenvalue weighted by Crippen LogP contribution is 2.27. The van der Waals surface area contributed by atoms with Gasteiger partial charge in [0.2, 0.25) is 5.91 Å². The molecule has 1 fully saturated rings. The molecular weight excluding hydrogens is 292 g/mol. The molecule has 0 N–H and O–H groups in total. The maximum Gasteiger partial charge on any atom is 0.309 e. The molecule has 5 heteroatoms. The molecule has 0 atom stereocenters. The van der Waals surface area contributed by atoms with Crippen LogP contribution in [0.15, 0.2) is 24.3 Å². The van der Waals surface area contributed by atoms with Gasteiger partial charge in [-0.05, 0) is 37.8 Å². The Morgan fingerprint density at radius 1 is 1.17 bits per heavy atom. The summed E-state index contributed by atoms with van der Waals surface area (Å²) in [5.74, 6) is -0.0106. The lowest BCUT2D eigenvalue weighted by Crippen LogP contribution is -2.45. The van der Waals surface area contributed by atoms with Crippen LogP contribution >= 0.6 is 0 Å². The Bertz CT molecular complexity index is 579. The van der Waals surface area contributed by atoms with Crippen LogP contribution in [-0.2, 0) is 20.7 Å². The highest BCUT2D eigenvalue weighted by molar-refractivity contribution is 5.83.